The second kappa shape index (κ2) is 33.4. The standard InChI is InChI=1S/C44H82O14/c1-3-5-6-7-8-9-10-11-12-13-14-15-16-17-18-19-20-21-22-23-24-25-26-27-28-53-30-33(56-36(46)4-2)31-54-43-42(52)40(50)38(48)35(58-43)32-55-44-41(51)39(49)37(47)34(29-45)57-44/h13-14,33-35,37-45,47-52H,3-12,15-32H2,1-2H3/b14-13-. The van der Waals surface area contributed by atoms with E-state index in [1.165, 1.54) is 122 Å². The van der Waals surface area contributed by atoms with E-state index in [0.29, 0.717) is 6.61 Å². The molecule has 2 aliphatic heterocycles. The summed E-state index contributed by atoms with van der Waals surface area (Å²) in [6.45, 7) is 3.11. The van der Waals surface area contributed by atoms with E-state index in [-0.39, 0.29) is 19.6 Å². The molecule has 2 fully saturated rings. The molecule has 7 N–H and O–H groups in total. The van der Waals surface area contributed by atoms with Gasteiger partial charge in [0.1, 0.15) is 54.9 Å². The molecule has 2 heterocycles. The molecule has 0 aromatic heterocycles. The molecule has 0 spiro atoms. The zero-order chi connectivity index (χ0) is 42.4. The maximum Gasteiger partial charge on any atom is 0.305 e. The van der Waals surface area contributed by atoms with Gasteiger partial charge in [0, 0.05) is 13.0 Å². The van der Waals surface area contributed by atoms with E-state index in [0.717, 1.165) is 19.3 Å². The topological polar surface area (TPSA) is 214 Å². The lowest BCUT2D eigenvalue weighted by molar-refractivity contribution is -0.332. The molecule has 0 amide bonds. The molecule has 0 bridgehead atoms. The lowest BCUT2D eigenvalue weighted by Crippen LogP contribution is -2.61. The van der Waals surface area contributed by atoms with Gasteiger partial charge in [-0.25, -0.2) is 0 Å². The summed E-state index contributed by atoms with van der Waals surface area (Å²) in [5, 5.41) is 71.1. The first-order chi connectivity index (χ1) is 28.1. The van der Waals surface area contributed by atoms with Gasteiger partial charge in [-0.3, -0.25) is 4.79 Å². The Hall–Kier alpha value is -1.27. The van der Waals surface area contributed by atoms with Crippen molar-refractivity contribution in [3.05, 3.63) is 12.2 Å². The Labute approximate surface area is 348 Å². The fourth-order valence-electron chi connectivity index (χ4n) is 7.25. The van der Waals surface area contributed by atoms with E-state index in [9.17, 15) is 40.5 Å². The number of carbonyl (C=O) groups is 1. The van der Waals surface area contributed by atoms with Crippen molar-refractivity contribution in [3.63, 3.8) is 0 Å². The molecule has 2 saturated heterocycles. The molecular weight excluding hydrogens is 752 g/mol. The molecule has 0 aromatic carbocycles. The van der Waals surface area contributed by atoms with E-state index in [1.807, 2.05) is 0 Å². The van der Waals surface area contributed by atoms with Gasteiger partial charge >= 0.3 is 5.97 Å². The van der Waals surface area contributed by atoms with Crippen LogP contribution in [0.1, 0.15) is 162 Å². The molecule has 14 heteroatoms. The maximum atomic E-state index is 12.1. The molecule has 342 valence electrons. The van der Waals surface area contributed by atoms with E-state index in [1.54, 1.807) is 6.92 Å². The van der Waals surface area contributed by atoms with Crippen LogP contribution in [0, 0.1) is 0 Å². The Morgan fingerprint density at radius 3 is 1.50 bits per heavy atom. The van der Waals surface area contributed by atoms with Crippen molar-refractivity contribution >= 4 is 5.97 Å². The summed E-state index contributed by atoms with van der Waals surface area (Å²) >= 11 is 0. The zero-order valence-corrected chi connectivity index (χ0v) is 35.8. The molecule has 0 aliphatic carbocycles. The second-order valence-electron chi connectivity index (χ2n) is 16.2. The van der Waals surface area contributed by atoms with Gasteiger partial charge in [-0.1, -0.05) is 135 Å². The number of aliphatic hydroxyl groups excluding tert-OH is 7. The highest BCUT2D eigenvalue weighted by molar-refractivity contribution is 5.69. The van der Waals surface area contributed by atoms with Crippen molar-refractivity contribution in [1.82, 2.24) is 0 Å². The Balaban J connectivity index is 1.52. The monoisotopic (exact) mass is 835 g/mol. The van der Waals surface area contributed by atoms with Gasteiger partial charge < -0.3 is 64.2 Å². The van der Waals surface area contributed by atoms with Crippen molar-refractivity contribution in [3.8, 4) is 0 Å². The van der Waals surface area contributed by atoms with Gasteiger partial charge in [0.2, 0.25) is 0 Å². The van der Waals surface area contributed by atoms with Crippen LogP contribution in [0.5, 0.6) is 0 Å². The van der Waals surface area contributed by atoms with Crippen LogP contribution in [0.3, 0.4) is 0 Å². The lowest BCUT2D eigenvalue weighted by Gasteiger charge is -2.42. The number of allylic oxidation sites excluding steroid dienone is 2. The van der Waals surface area contributed by atoms with Crippen LogP contribution < -0.4 is 0 Å². The predicted octanol–water partition coefficient (Wildman–Crippen LogP) is 5.12. The van der Waals surface area contributed by atoms with Crippen LogP contribution >= 0.6 is 0 Å². The first kappa shape index (κ1) is 52.9. The average Bonchev–Trinajstić information content (AvgIpc) is 3.22. The predicted molar refractivity (Wildman–Crippen MR) is 220 cm³/mol. The summed E-state index contributed by atoms with van der Waals surface area (Å²) in [6, 6.07) is 0. The van der Waals surface area contributed by atoms with E-state index in [4.69, 9.17) is 28.4 Å². The van der Waals surface area contributed by atoms with Crippen LogP contribution in [0.25, 0.3) is 0 Å². The van der Waals surface area contributed by atoms with Crippen molar-refractivity contribution in [2.45, 2.75) is 229 Å². The Bertz CT molecular complexity index is 1020. The third kappa shape index (κ3) is 22.0. The average molecular weight is 835 g/mol. The number of rotatable bonds is 35. The number of carbonyl (C=O) groups excluding carboxylic acids is 1. The SMILES string of the molecule is CCCCCCCCCC/C=C\CCCCCCCCCCCCCCOCC(COC1OC(COC2OC(CO)C(O)C(O)C2O)C(O)C(O)C1O)OC(=O)CC. The normalized spacial score (nSPS) is 28.3. The summed E-state index contributed by atoms with van der Waals surface area (Å²) in [7, 11) is 0. The molecule has 58 heavy (non-hydrogen) atoms. The fraction of sp³-hybridized carbons (Fsp3) is 0.932. The highest BCUT2D eigenvalue weighted by Crippen LogP contribution is 2.26. The Morgan fingerprint density at radius 2 is 1.00 bits per heavy atom. The number of esters is 1. The van der Waals surface area contributed by atoms with Gasteiger partial charge in [0.15, 0.2) is 12.6 Å². The first-order valence-electron chi connectivity index (χ1n) is 22.8. The number of ether oxygens (including phenoxy) is 6. The molecule has 2 aliphatic rings. The molecule has 11 unspecified atom stereocenters. The molecule has 0 saturated carbocycles. The van der Waals surface area contributed by atoms with Gasteiger partial charge in [-0.2, -0.15) is 0 Å². The quantitative estimate of drug-likeness (QED) is 0.0251. The van der Waals surface area contributed by atoms with Crippen molar-refractivity contribution < 1.29 is 69.0 Å². The second-order valence-corrected chi connectivity index (χ2v) is 16.2. The van der Waals surface area contributed by atoms with Gasteiger partial charge in [-0.05, 0) is 32.1 Å². The van der Waals surface area contributed by atoms with Gasteiger partial charge in [-0.15, -0.1) is 0 Å². The minimum absolute atomic E-state index is 0.0550. The van der Waals surface area contributed by atoms with E-state index < -0.39 is 86.7 Å². The first-order valence-corrected chi connectivity index (χ1v) is 22.8. The Kier molecular flexibility index (Phi) is 30.4. The minimum atomic E-state index is -1.70. The van der Waals surface area contributed by atoms with Crippen molar-refractivity contribution in [2.75, 3.05) is 33.0 Å². The van der Waals surface area contributed by atoms with Crippen LogP contribution in [0.2, 0.25) is 0 Å². The Morgan fingerprint density at radius 1 is 0.552 bits per heavy atom. The van der Waals surface area contributed by atoms with Crippen LogP contribution in [-0.2, 0) is 33.2 Å². The summed E-state index contributed by atoms with van der Waals surface area (Å²) < 4.78 is 33.4. The van der Waals surface area contributed by atoms with E-state index in [2.05, 4.69) is 19.1 Å². The highest BCUT2D eigenvalue weighted by atomic mass is 16.7. The summed E-state index contributed by atoms with van der Waals surface area (Å²) in [5.41, 5.74) is 0. The number of hydrogen-bond acceptors (Lipinski definition) is 14. The van der Waals surface area contributed by atoms with Gasteiger partial charge in [0.25, 0.3) is 0 Å². The van der Waals surface area contributed by atoms with Crippen molar-refractivity contribution in [2.24, 2.45) is 0 Å². The molecule has 11 atom stereocenters. The van der Waals surface area contributed by atoms with Crippen LogP contribution in [-0.4, -0.2) is 142 Å². The third-order valence-electron chi connectivity index (χ3n) is 11.1. The summed E-state index contributed by atoms with van der Waals surface area (Å²) in [5.74, 6) is -0.462. The zero-order valence-electron chi connectivity index (χ0n) is 35.8. The highest BCUT2D eigenvalue weighted by Gasteiger charge is 2.47. The maximum absolute atomic E-state index is 12.1. The van der Waals surface area contributed by atoms with Crippen LogP contribution in [0.4, 0.5) is 0 Å². The largest absolute Gasteiger partial charge is 0.457 e. The van der Waals surface area contributed by atoms with Crippen molar-refractivity contribution in [1.29, 1.82) is 0 Å². The smallest absolute Gasteiger partial charge is 0.305 e. The van der Waals surface area contributed by atoms with Gasteiger partial charge in [0.05, 0.1) is 26.4 Å². The fourth-order valence-corrected chi connectivity index (χ4v) is 7.25. The molecule has 2 rings (SSSR count). The van der Waals surface area contributed by atoms with E-state index >= 15 is 0 Å². The molecular formula is C44H82O14. The number of aliphatic hydroxyl groups is 7. The molecule has 14 nitrogen and oxygen atoms in total. The molecule has 0 radical (unpaired) electrons. The third-order valence-corrected chi connectivity index (χ3v) is 11.1. The molecule has 0 aromatic rings. The number of hydrogen-bond donors (Lipinski definition) is 7. The number of unbranched alkanes of at least 4 members (excludes halogenated alkanes) is 20. The lowest BCUT2D eigenvalue weighted by atomic mass is 9.98. The van der Waals surface area contributed by atoms with Crippen LogP contribution in [0.15, 0.2) is 12.2 Å². The minimum Gasteiger partial charge on any atom is -0.457 e. The summed E-state index contributed by atoms with van der Waals surface area (Å²) in [6.07, 6.45) is 17.1. The summed E-state index contributed by atoms with van der Waals surface area (Å²) in [4.78, 5) is 12.1.